The van der Waals surface area contributed by atoms with E-state index in [1.54, 1.807) is 4.90 Å². The molecule has 0 bridgehead atoms. The Labute approximate surface area is 226 Å². The van der Waals surface area contributed by atoms with Gasteiger partial charge in [-0.3, -0.25) is 9.59 Å². The van der Waals surface area contributed by atoms with E-state index in [0.717, 1.165) is 68.8 Å². The van der Waals surface area contributed by atoms with Gasteiger partial charge in [-0.05, 0) is 75.6 Å². The summed E-state index contributed by atoms with van der Waals surface area (Å²) in [6.07, 6.45) is 6.15. The molecule has 2 amide bonds. The monoisotopic (exact) mass is 518 g/mol. The molecule has 0 radical (unpaired) electrons. The number of aromatic nitrogens is 1. The average molecular weight is 519 g/mol. The molecule has 7 nitrogen and oxygen atoms in total. The van der Waals surface area contributed by atoms with Crippen molar-refractivity contribution in [3.63, 3.8) is 0 Å². The van der Waals surface area contributed by atoms with Gasteiger partial charge in [-0.1, -0.05) is 63.4 Å². The van der Waals surface area contributed by atoms with Gasteiger partial charge < -0.3 is 24.5 Å². The Morgan fingerprint density at radius 3 is 2.37 bits per heavy atom. The van der Waals surface area contributed by atoms with E-state index in [4.69, 9.17) is 4.42 Å². The number of amides is 2. The number of aromatic amines is 1. The van der Waals surface area contributed by atoms with Crippen molar-refractivity contribution in [1.29, 1.82) is 0 Å². The molecule has 204 valence electrons. The molecule has 1 atom stereocenters. The van der Waals surface area contributed by atoms with Crippen molar-refractivity contribution in [3.8, 4) is 11.3 Å². The number of hydrogen-bond acceptors (Lipinski definition) is 4. The van der Waals surface area contributed by atoms with Gasteiger partial charge in [0.2, 0.25) is 0 Å². The maximum atomic E-state index is 14.1. The highest BCUT2D eigenvalue weighted by Crippen LogP contribution is 2.28. The molecule has 2 aromatic heterocycles. The number of nitrogens with zero attached hydrogens (tertiary/aromatic N) is 2. The molecule has 0 spiro atoms. The third-order valence-corrected chi connectivity index (χ3v) is 7.57. The van der Waals surface area contributed by atoms with Crippen molar-refractivity contribution in [3.05, 3.63) is 71.8 Å². The molecule has 0 saturated heterocycles. The summed E-state index contributed by atoms with van der Waals surface area (Å²) < 4.78 is 5.99. The molecule has 1 saturated carbocycles. The van der Waals surface area contributed by atoms with Gasteiger partial charge in [-0.15, -0.1) is 0 Å². The largest absolute Gasteiger partial charge is 0.464 e. The number of furan rings is 1. The lowest BCUT2D eigenvalue weighted by atomic mass is 9.95. The fourth-order valence-electron chi connectivity index (χ4n) is 5.36. The Kier molecular flexibility index (Phi) is 9.82. The quantitative estimate of drug-likeness (QED) is 0.311. The SMILES string of the molecule is CCN(CC)CCCN(C(=O)c1ccc(-c2ccccc2)[nH]1)C(C(=O)NC1CCCCC1)c1ccc(C)o1. The van der Waals surface area contributed by atoms with E-state index in [1.165, 1.54) is 6.42 Å². The minimum absolute atomic E-state index is 0.137. The predicted molar refractivity (Wildman–Crippen MR) is 151 cm³/mol. The van der Waals surface area contributed by atoms with Crippen LogP contribution in [0.25, 0.3) is 11.3 Å². The van der Waals surface area contributed by atoms with Gasteiger partial charge in [0.1, 0.15) is 17.2 Å². The van der Waals surface area contributed by atoms with Crippen LogP contribution in [0, 0.1) is 6.92 Å². The molecule has 1 aromatic carbocycles. The Morgan fingerprint density at radius 2 is 1.71 bits per heavy atom. The first-order valence-corrected chi connectivity index (χ1v) is 14.1. The van der Waals surface area contributed by atoms with Crippen LogP contribution in [0.4, 0.5) is 0 Å². The molecule has 3 aromatic rings. The highest BCUT2D eigenvalue weighted by molar-refractivity contribution is 5.97. The number of aryl methyl sites for hydroxylation is 1. The number of benzene rings is 1. The Morgan fingerprint density at radius 1 is 0.974 bits per heavy atom. The highest BCUT2D eigenvalue weighted by Gasteiger charge is 2.36. The topological polar surface area (TPSA) is 81.6 Å². The summed E-state index contributed by atoms with van der Waals surface area (Å²) in [5.41, 5.74) is 2.34. The standard InChI is InChI=1S/C31H42N4O3/c1-4-34(5-2)21-12-22-35(31(37)27-19-18-26(33-27)24-13-8-6-9-14-24)29(28-20-17-23(3)38-28)30(36)32-25-15-10-7-11-16-25/h6,8-9,13-14,17-20,25,29,33H,4-5,7,10-12,15-16,21-22H2,1-3H3,(H,32,36). The molecule has 1 aliphatic carbocycles. The first kappa shape index (κ1) is 27.7. The number of H-pyrrole nitrogens is 1. The molecular weight excluding hydrogens is 476 g/mol. The van der Waals surface area contributed by atoms with Crippen LogP contribution in [0.2, 0.25) is 0 Å². The van der Waals surface area contributed by atoms with Crippen LogP contribution in [0.5, 0.6) is 0 Å². The number of rotatable bonds is 12. The number of nitrogens with one attached hydrogen (secondary N) is 2. The van der Waals surface area contributed by atoms with E-state index >= 15 is 0 Å². The van der Waals surface area contributed by atoms with E-state index in [9.17, 15) is 9.59 Å². The van der Waals surface area contributed by atoms with Crippen molar-refractivity contribution in [2.24, 2.45) is 0 Å². The zero-order valence-electron chi connectivity index (χ0n) is 23.0. The molecule has 7 heteroatoms. The normalized spacial score (nSPS) is 14.9. The third-order valence-electron chi connectivity index (χ3n) is 7.57. The molecule has 1 aliphatic rings. The summed E-state index contributed by atoms with van der Waals surface area (Å²) in [7, 11) is 0. The Balaban J connectivity index is 1.64. The minimum atomic E-state index is -0.835. The zero-order chi connectivity index (χ0) is 26.9. The second-order valence-electron chi connectivity index (χ2n) is 10.2. The van der Waals surface area contributed by atoms with E-state index in [1.807, 2.05) is 61.5 Å². The van der Waals surface area contributed by atoms with Crippen molar-refractivity contribution < 1.29 is 14.0 Å². The van der Waals surface area contributed by atoms with Crippen LogP contribution in [-0.4, -0.2) is 58.8 Å². The molecule has 2 N–H and O–H groups in total. The lowest BCUT2D eigenvalue weighted by Crippen LogP contribution is -2.47. The van der Waals surface area contributed by atoms with Crippen molar-refractivity contribution in [1.82, 2.24) is 20.1 Å². The lowest BCUT2D eigenvalue weighted by Gasteiger charge is -2.32. The van der Waals surface area contributed by atoms with Crippen molar-refractivity contribution in [2.75, 3.05) is 26.2 Å². The van der Waals surface area contributed by atoms with Crippen LogP contribution in [0.15, 0.2) is 59.0 Å². The maximum absolute atomic E-state index is 14.1. The van der Waals surface area contributed by atoms with E-state index in [0.29, 0.717) is 18.0 Å². The van der Waals surface area contributed by atoms with Gasteiger partial charge in [-0.25, -0.2) is 0 Å². The number of carbonyl (C=O) groups is 2. The molecule has 2 heterocycles. The van der Waals surface area contributed by atoms with Crippen molar-refractivity contribution in [2.45, 2.75) is 71.4 Å². The summed E-state index contributed by atoms with van der Waals surface area (Å²) >= 11 is 0. The first-order chi connectivity index (χ1) is 18.5. The van der Waals surface area contributed by atoms with Gasteiger partial charge in [0.05, 0.1) is 0 Å². The molecule has 1 unspecified atom stereocenters. The first-order valence-electron chi connectivity index (χ1n) is 14.1. The molecule has 1 fully saturated rings. The molecule has 38 heavy (non-hydrogen) atoms. The van der Waals surface area contributed by atoms with E-state index in [-0.39, 0.29) is 17.9 Å². The van der Waals surface area contributed by atoms with Gasteiger partial charge in [0.25, 0.3) is 11.8 Å². The molecule has 4 rings (SSSR count). The van der Waals surface area contributed by atoms with E-state index < -0.39 is 6.04 Å². The van der Waals surface area contributed by atoms with Gasteiger partial charge in [-0.2, -0.15) is 0 Å². The fourth-order valence-corrected chi connectivity index (χ4v) is 5.36. The highest BCUT2D eigenvalue weighted by atomic mass is 16.3. The number of hydrogen-bond donors (Lipinski definition) is 2. The van der Waals surface area contributed by atoms with E-state index in [2.05, 4.69) is 29.0 Å². The average Bonchev–Trinajstić information content (AvgIpc) is 3.61. The molecule has 0 aliphatic heterocycles. The van der Waals surface area contributed by atoms with Crippen LogP contribution in [0.3, 0.4) is 0 Å². The predicted octanol–water partition coefficient (Wildman–Crippen LogP) is 5.95. The Bertz CT molecular complexity index is 1160. The maximum Gasteiger partial charge on any atom is 0.271 e. The summed E-state index contributed by atoms with van der Waals surface area (Å²) in [5, 5.41) is 3.25. The van der Waals surface area contributed by atoms with Gasteiger partial charge in [0.15, 0.2) is 6.04 Å². The number of carbonyl (C=O) groups excluding carboxylic acids is 2. The van der Waals surface area contributed by atoms with Crippen LogP contribution >= 0.6 is 0 Å². The Hall–Kier alpha value is -3.32. The summed E-state index contributed by atoms with van der Waals surface area (Å²) in [6.45, 7) is 9.34. The zero-order valence-corrected chi connectivity index (χ0v) is 23.0. The van der Waals surface area contributed by atoms with Crippen LogP contribution in [-0.2, 0) is 4.79 Å². The second-order valence-corrected chi connectivity index (χ2v) is 10.2. The summed E-state index contributed by atoms with van der Waals surface area (Å²) in [5.74, 6) is 0.848. The summed E-state index contributed by atoms with van der Waals surface area (Å²) in [4.78, 5) is 35.3. The summed E-state index contributed by atoms with van der Waals surface area (Å²) in [6, 6.07) is 16.7. The minimum Gasteiger partial charge on any atom is -0.464 e. The van der Waals surface area contributed by atoms with Crippen LogP contribution in [0.1, 0.15) is 80.4 Å². The second kappa shape index (κ2) is 13.5. The van der Waals surface area contributed by atoms with Crippen molar-refractivity contribution >= 4 is 11.8 Å². The molecular formula is C31H42N4O3. The fraction of sp³-hybridized carbons (Fsp3) is 0.484. The van der Waals surface area contributed by atoms with Crippen LogP contribution < -0.4 is 5.32 Å². The lowest BCUT2D eigenvalue weighted by molar-refractivity contribution is -0.127. The van der Waals surface area contributed by atoms with Gasteiger partial charge in [0, 0.05) is 18.3 Å². The van der Waals surface area contributed by atoms with Gasteiger partial charge >= 0.3 is 0 Å². The smallest absolute Gasteiger partial charge is 0.271 e. The third kappa shape index (κ3) is 6.95.